The SMILES string of the molecule is CCNC[C@@H](CCc1ccccc1)C(=O)O.Cl. The molecule has 1 rings (SSSR count). The first-order valence-electron chi connectivity index (χ1n) is 5.71. The molecule has 0 aliphatic rings. The van der Waals surface area contributed by atoms with Gasteiger partial charge in [0.05, 0.1) is 5.92 Å². The van der Waals surface area contributed by atoms with Crippen LogP contribution in [0.15, 0.2) is 30.3 Å². The van der Waals surface area contributed by atoms with E-state index in [-0.39, 0.29) is 18.3 Å². The summed E-state index contributed by atoms with van der Waals surface area (Å²) in [6.07, 6.45) is 1.51. The van der Waals surface area contributed by atoms with Crippen molar-refractivity contribution in [3.8, 4) is 0 Å². The zero-order valence-corrected chi connectivity index (χ0v) is 10.9. The topological polar surface area (TPSA) is 49.3 Å². The number of benzene rings is 1. The minimum absolute atomic E-state index is 0. The van der Waals surface area contributed by atoms with Crippen molar-refractivity contribution in [3.63, 3.8) is 0 Å². The third-order valence-corrected chi connectivity index (χ3v) is 2.61. The van der Waals surface area contributed by atoms with E-state index < -0.39 is 5.97 Å². The summed E-state index contributed by atoms with van der Waals surface area (Å²) < 4.78 is 0. The highest BCUT2D eigenvalue weighted by molar-refractivity contribution is 5.85. The van der Waals surface area contributed by atoms with Crippen molar-refractivity contribution in [2.75, 3.05) is 13.1 Å². The molecule has 1 atom stereocenters. The Balaban J connectivity index is 0.00000256. The Morgan fingerprint density at radius 2 is 2.00 bits per heavy atom. The van der Waals surface area contributed by atoms with Gasteiger partial charge in [0.1, 0.15) is 0 Å². The molecule has 0 aromatic heterocycles. The van der Waals surface area contributed by atoms with E-state index in [4.69, 9.17) is 5.11 Å². The predicted molar refractivity (Wildman–Crippen MR) is 71.7 cm³/mol. The fourth-order valence-corrected chi connectivity index (χ4v) is 1.62. The molecule has 0 saturated heterocycles. The largest absolute Gasteiger partial charge is 0.481 e. The lowest BCUT2D eigenvalue weighted by Crippen LogP contribution is -2.28. The lowest BCUT2D eigenvalue weighted by Gasteiger charge is -2.12. The van der Waals surface area contributed by atoms with Gasteiger partial charge in [0, 0.05) is 6.54 Å². The van der Waals surface area contributed by atoms with E-state index in [0.717, 1.165) is 13.0 Å². The van der Waals surface area contributed by atoms with Crippen LogP contribution < -0.4 is 5.32 Å². The van der Waals surface area contributed by atoms with Gasteiger partial charge in [0.25, 0.3) is 0 Å². The second-order valence-corrected chi connectivity index (χ2v) is 3.87. The third-order valence-electron chi connectivity index (χ3n) is 2.61. The molecule has 0 spiro atoms. The van der Waals surface area contributed by atoms with Crippen molar-refractivity contribution in [2.24, 2.45) is 5.92 Å². The van der Waals surface area contributed by atoms with Crippen LogP contribution in [0.1, 0.15) is 18.9 Å². The minimum atomic E-state index is -0.711. The molecule has 0 radical (unpaired) electrons. The number of carboxylic acid groups (broad SMARTS) is 1. The van der Waals surface area contributed by atoms with Gasteiger partial charge in [-0.1, -0.05) is 37.3 Å². The average Bonchev–Trinajstić information content (AvgIpc) is 2.30. The van der Waals surface area contributed by atoms with Gasteiger partial charge in [-0.2, -0.15) is 0 Å². The van der Waals surface area contributed by atoms with E-state index in [2.05, 4.69) is 5.32 Å². The van der Waals surface area contributed by atoms with Gasteiger partial charge in [0.2, 0.25) is 0 Å². The summed E-state index contributed by atoms with van der Waals surface area (Å²) in [5, 5.41) is 12.1. The van der Waals surface area contributed by atoms with E-state index in [1.54, 1.807) is 0 Å². The molecule has 17 heavy (non-hydrogen) atoms. The van der Waals surface area contributed by atoms with E-state index in [0.29, 0.717) is 13.0 Å². The summed E-state index contributed by atoms with van der Waals surface area (Å²) in [4.78, 5) is 11.0. The zero-order valence-electron chi connectivity index (χ0n) is 10.1. The lowest BCUT2D eigenvalue weighted by atomic mass is 9.99. The van der Waals surface area contributed by atoms with Crippen LogP contribution in [0.2, 0.25) is 0 Å². The lowest BCUT2D eigenvalue weighted by molar-refractivity contribution is -0.141. The van der Waals surface area contributed by atoms with Gasteiger partial charge >= 0.3 is 5.97 Å². The fraction of sp³-hybridized carbons (Fsp3) is 0.462. The molecule has 1 aromatic rings. The molecule has 0 aliphatic heterocycles. The Labute approximate surface area is 109 Å². The predicted octanol–water partition coefficient (Wildman–Crippen LogP) is 2.35. The van der Waals surface area contributed by atoms with Gasteiger partial charge in [-0.3, -0.25) is 4.79 Å². The van der Waals surface area contributed by atoms with Crippen LogP contribution in [-0.2, 0) is 11.2 Å². The number of nitrogens with one attached hydrogen (secondary N) is 1. The maximum absolute atomic E-state index is 11.0. The Morgan fingerprint density at radius 3 is 2.53 bits per heavy atom. The molecule has 0 amide bonds. The van der Waals surface area contributed by atoms with Crippen molar-refractivity contribution in [1.82, 2.24) is 5.32 Å². The molecule has 1 aromatic carbocycles. The van der Waals surface area contributed by atoms with E-state index in [1.165, 1.54) is 5.56 Å². The summed E-state index contributed by atoms with van der Waals surface area (Å²) in [7, 11) is 0. The van der Waals surface area contributed by atoms with E-state index >= 15 is 0 Å². The zero-order chi connectivity index (χ0) is 11.8. The summed E-state index contributed by atoms with van der Waals surface area (Å²) in [6.45, 7) is 3.35. The van der Waals surface area contributed by atoms with Crippen LogP contribution in [-0.4, -0.2) is 24.2 Å². The number of halogens is 1. The maximum Gasteiger partial charge on any atom is 0.307 e. The maximum atomic E-state index is 11.0. The van der Waals surface area contributed by atoms with Crippen molar-refractivity contribution < 1.29 is 9.90 Å². The molecule has 0 unspecified atom stereocenters. The highest BCUT2D eigenvalue weighted by atomic mass is 35.5. The summed E-state index contributed by atoms with van der Waals surface area (Å²) in [5.41, 5.74) is 1.20. The minimum Gasteiger partial charge on any atom is -0.481 e. The molecule has 0 fully saturated rings. The Bertz CT molecular complexity index is 316. The van der Waals surface area contributed by atoms with Gasteiger partial charge in [-0.25, -0.2) is 0 Å². The van der Waals surface area contributed by atoms with Crippen molar-refractivity contribution in [1.29, 1.82) is 0 Å². The second-order valence-electron chi connectivity index (χ2n) is 3.87. The second kappa shape index (κ2) is 9.02. The van der Waals surface area contributed by atoms with Crippen LogP contribution >= 0.6 is 12.4 Å². The van der Waals surface area contributed by atoms with Gasteiger partial charge in [0.15, 0.2) is 0 Å². The molecule has 0 aliphatic carbocycles. The first-order valence-corrected chi connectivity index (χ1v) is 5.71. The summed E-state index contributed by atoms with van der Waals surface area (Å²) in [6, 6.07) is 10.00. The Morgan fingerprint density at radius 1 is 1.35 bits per heavy atom. The van der Waals surface area contributed by atoms with Crippen LogP contribution in [0.25, 0.3) is 0 Å². The molecule has 2 N–H and O–H groups in total. The van der Waals surface area contributed by atoms with E-state index in [1.807, 2.05) is 37.3 Å². The van der Waals surface area contributed by atoms with Crippen molar-refractivity contribution >= 4 is 18.4 Å². The first-order chi connectivity index (χ1) is 7.74. The van der Waals surface area contributed by atoms with Crippen molar-refractivity contribution in [3.05, 3.63) is 35.9 Å². The molecule has 3 nitrogen and oxygen atoms in total. The standard InChI is InChI=1S/C13H19NO2.ClH/c1-2-14-10-12(13(15)16)9-8-11-6-4-3-5-7-11;/h3-7,12,14H,2,8-10H2,1H3,(H,15,16);1H/t12-;/m1./s1. The average molecular weight is 258 g/mol. The first kappa shape index (κ1) is 15.9. The quantitative estimate of drug-likeness (QED) is 0.788. The van der Waals surface area contributed by atoms with E-state index in [9.17, 15) is 4.79 Å². The molecule has 4 heteroatoms. The number of hydrogen-bond donors (Lipinski definition) is 2. The molecular weight excluding hydrogens is 238 g/mol. The number of carbonyl (C=O) groups is 1. The smallest absolute Gasteiger partial charge is 0.307 e. The Kier molecular flexibility index (Phi) is 8.46. The number of aryl methyl sites for hydroxylation is 1. The van der Waals surface area contributed by atoms with Gasteiger partial charge < -0.3 is 10.4 Å². The normalized spacial score (nSPS) is 11.6. The van der Waals surface area contributed by atoms with Gasteiger partial charge in [-0.15, -0.1) is 12.4 Å². The van der Waals surface area contributed by atoms with Crippen LogP contribution in [0, 0.1) is 5.92 Å². The highest BCUT2D eigenvalue weighted by Gasteiger charge is 2.16. The van der Waals surface area contributed by atoms with Crippen LogP contribution in [0.3, 0.4) is 0 Å². The highest BCUT2D eigenvalue weighted by Crippen LogP contribution is 2.09. The number of rotatable bonds is 7. The Hall–Kier alpha value is -1.06. The number of aliphatic carboxylic acids is 1. The van der Waals surface area contributed by atoms with Crippen LogP contribution in [0.5, 0.6) is 0 Å². The summed E-state index contributed by atoms with van der Waals surface area (Å²) >= 11 is 0. The molecule has 96 valence electrons. The van der Waals surface area contributed by atoms with Gasteiger partial charge in [-0.05, 0) is 24.9 Å². The molecule has 0 saturated carbocycles. The molecular formula is C13H20ClNO2. The van der Waals surface area contributed by atoms with Crippen molar-refractivity contribution in [2.45, 2.75) is 19.8 Å². The molecule has 0 heterocycles. The third kappa shape index (κ3) is 6.29. The summed E-state index contributed by atoms with van der Waals surface area (Å²) in [5.74, 6) is -1.00. The van der Waals surface area contributed by atoms with Crippen LogP contribution in [0.4, 0.5) is 0 Å². The fourth-order valence-electron chi connectivity index (χ4n) is 1.62. The molecule has 0 bridgehead atoms. The number of carboxylic acids is 1. The monoisotopic (exact) mass is 257 g/mol. The number of hydrogen-bond acceptors (Lipinski definition) is 2.